The van der Waals surface area contributed by atoms with Crippen molar-refractivity contribution < 1.29 is 22.7 Å². The molecule has 0 fully saturated rings. The van der Waals surface area contributed by atoms with E-state index in [1.165, 1.54) is 6.20 Å². The summed E-state index contributed by atoms with van der Waals surface area (Å²) in [6.07, 6.45) is -0.379. The number of amides is 1. The number of carbonyl (C=O) groups excluding carboxylic acids is 1. The van der Waals surface area contributed by atoms with Gasteiger partial charge in [0.05, 0.1) is 17.5 Å². The van der Waals surface area contributed by atoms with Crippen molar-refractivity contribution in [3.8, 4) is 5.75 Å². The van der Waals surface area contributed by atoms with Gasteiger partial charge in [0, 0.05) is 11.8 Å². The number of ether oxygens (including phenoxy) is 1. The van der Waals surface area contributed by atoms with E-state index in [1.54, 1.807) is 12.1 Å². The fourth-order valence-corrected chi connectivity index (χ4v) is 2.16. The molecule has 0 aliphatic carbocycles. The van der Waals surface area contributed by atoms with Crippen LogP contribution < -0.4 is 10.1 Å². The van der Waals surface area contributed by atoms with Crippen LogP contribution in [0.3, 0.4) is 0 Å². The molecule has 0 atom stereocenters. The number of halogens is 3. The number of nitrogens with one attached hydrogen (secondary N) is 1. The van der Waals surface area contributed by atoms with E-state index in [4.69, 9.17) is 4.74 Å². The molecule has 3 rings (SSSR count). The summed E-state index contributed by atoms with van der Waals surface area (Å²) in [4.78, 5) is 12.2. The first kappa shape index (κ1) is 15.1. The van der Waals surface area contributed by atoms with Crippen LogP contribution in [0.5, 0.6) is 5.75 Å². The Kier molecular flexibility index (Phi) is 3.81. The molecule has 1 aromatic heterocycles. The van der Waals surface area contributed by atoms with Crippen LogP contribution in [0.1, 0.15) is 5.56 Å². The zero-order valence-corrected chi connectivity index (χ0v) is 11.8. The molecule has 23 heavy (non-hydrogen) atoms. The summed E-state index contributed by atoms with van der Waals surface area (Å²) in [7, 11) is 0. The summed E-state index contributed by atoms with van der Waals surface area (Å²) in [5.74, 6) is 0.244. The van der Waals surface area contributed by atoms with E-state index in [2.05, 4.69) is 10.4 Å². The third-order valence-corrected chi connectivity index (χ3v) is 3.16. The first-order valence-corrected chi connectivity index (χ1v) is 6.74. The number of anilines is 1. The number of carbonyl (C=O) groups is 1. The van der Waals surface area contributed by atoms with E-state index in [0.29, 0.717) is 11.3 Å². The van der Waals surface area contributed by atoms with Crippen molar-refractivity contribution in [2.45, 2.75) is 12.7 Å². The molecule has 0 bridgehead atoms. The van der Waals surface area contributed by atoms with Crippen LogP contribution in [-0.4, -0.2) is 28.5 Å². The first-order chi connectivity index (χ1) is 10.9. The molecular weight excluding hydrogens is 311 g/mol. The van der Waals surface area contributed by atoms with E-state index in [1.807, 2.05) is 18.2 Å². The van der Waals surface area contributed by atoms with Crippen molar-refractivity contribution in [2.75, 3.05) is 11.9 Å². The molecule has 8 heteroatoms. The van der Waals surface area contributed by atoms with Gasteiger partial charge in [0.25, 0.3) is 5.91 Å². The van der Waals surface area contributed by atoms with Crippen LogP contribution >= 0.6 is 0 Å². The maximum absolute atomic E-state index is 12.3. The lowest BCUT2D eigenvalue weighted by molar-refractivity contribution is -0.142. The number of hydrogen-bond donors (Lipinski definition) is 1. The number of hydrogen-bond acceptors (Lipinski definition) is 3. The Hall–Kier alpha value is -2.77. The van der Waals surface area contributed by atoms with Crippen molar-refractivity contribution in [1.29, 1.82) is 0 Å². The molecule has 0 saturated carbocycles. The molecule has 2 aromatic rings. The second kappa shape index (κ2) is 5.79. The van der Waals surface area contributed by atoms with E-state index in [9.17, 15) is 18.0 Å². The molecule has 120 valence electrons. The SMILES string of the molecule is O=C(Nc1cnn(CC(F)(F)F)c1)C1=Cc2ccccc2OC1. The molecule has 0 saturated heterocycles. The molecule has 0 unspecified atom stereocenters. The van der Waals surface area contributed by atoms with E-state index in [0.717, 1.165) is 16.4 Å². The van der Waals surface area contributed by atoms with Crippen LogP contribution in [-0.2, 0) is 11.3 Å². The number of benzene rings is 1. The van der Waals surface area contributed by atoms with Crippen LogP contribution in [0.4, 0.5) is 18.9 Å². The number of para-hydroxylation sites is 1. The van der Waals surface area contributed by atoms with Crippen molar-refractivity contribution in [1.82, 2.24) is 9.78 Å². The van der Waals surface area contributed by atoms with E-state index >= 15 is 0 Å². The highest BCUT2D eigenvalue weighted by Crippen LogP contribution is 2.26. The van der Waals surface area contributed by atoms with Crippen molar-refractivity contribution in [3.63, 3.8) is 0 Å². The van der Waals surface area contributed by atoms with Gasteiger partial charge in [0.1, 0.15) is 18.9 Å². The maximum atomic E-state index is 12.3. The zero-order valence-electron chi connectivity index (χ0n) is 11.8. The van der Waals surface area contributed by atoms with Crippen molar-refractivity contribution in [2.24, 2.45) is 0 Å². The fraction of sp³-hybridized carbons (Fsp3) is 0.200. The first-order valence-electron chi connectivity index (χ1n) is 6.74. The number of rotatable bonds is 3. The van der Waals surface area contributed by atoms with Crippen molar-refractivity contribution in [3.05, 3.63) is 47.8 Å². The summed E-state index contributed by atoms with van der Waals surface area (Å²) < 4.78 is 43.0. The highest BCUT2D eigenvalue weighted by molar-refractivity contribution is 6.07. The fourth-order valence-electron chi connectivity index (χ4n) is 2.16. The number of aromatic nitrogens is 2. The van der Waals surface area contributed by atoms with Gasteiger partial charge in [-0.05, 0) is 12.1 Å². The molecule has 2 heterocycles. The molecule has 1 N–H and O–H groups in total. The van der Waals surface area contributed by atoms with E-state index < -0.39 is 18.6 Å². The average Bonchev–Trinajstić information content (AvgIpc) is 2.91. The van der Waals surface area contributed by atoms with Gasteiger partial charge in [0.2, 0.25) is 0 Å². The van der Waals surface area contributed by atoms with Crippen LogP contribution in [0, 0.1) is 0 Å². The van der Waals surface area contributed by atoms with Gasteiger partial charge < -0.3 is 10.1 Å². The normalized spacial score (nSPS) is 13.8. The second-order valence-electron chi connectivity index (χ2n) is 4.99. The molecule has 1 amide bonds. The summed E-state index contributed by atoms with van der Waals surface area (Å²) in [6.45, 7) is -1.11. The maximum Gasteiger partial charge on any atom is 0.408 e. The topological polar surface area (TPSA) is 56.2 Å². The Labute approximate surface area is 129 Å². The lowest BCUT2D eigenvalue weighted by Gasteiger charge is -2.17. The Balaban J connectivity index is 1.70. The van der Waals surface area contributed by atoms with E-state index in [-0.39, 0.29) is 12.3 Å². The quantitative estimate of drug-likeness (QED) is 0.945. The second-order valence-corrected chi connectivity index (χ2v) is 4.99. The third-order valence-electron chi connectivity index (χ3n) is 3.16. The predicted molar refractivity (Wildman–Crippen MR) is 76.8 cm³/mol. The van der Waals surface area contributed by atoms with Crippen LogP contribution in [0.2, 0.25) is 0 Å². The monoisotopic (exact) mass is 323 g/mol. The lowest BCUT2D eigenvalue weighted by Crippen LogP contribution is -2.21. The largest absolute Gasteiger partial charge is 0.488 e. The standard InChI is InChI=1S/C15H12F3N3O2/c16-15(17,18)9-21-7-12(6-19-21)20-14(22)11-5-10-3-1-2-4-13(10)23-8-11/h1-7H,8-9H2,(H,20,22). The van der Waals surface area contributed by atoms with Gasteiger partial charge in [0.15, 0.2) is 0 Å². The molecule has 1 aliphatic rings. The van der Waals surface area contributed by atoms with Gasteiger partial charge in [-0.15, -0.1) is 0 Å². The van der Waals surface area contributed by atoms with Crippen LogP contribution in [0.25, 0.3) is 6.08 Å². The Bertz CT molecular complexity index is 765. The minimum Gasteiger partial charge on any atom is -0.488 e. The highest BCUT2D eigenvalue weighted by atomic mass is 19.4. The third kappa shape index (κ3) is 3.71. The molecule has 5 nitrogen and oxygen atoms in total. The molecular formula is C15H12F3N3O2. The Morgan fingerprint density at radius 2 is 2.13 bits per heavy atom. The Morgan fingerprint density at radius 1 is 1.35 bits per heavy atom. The van der Waals surface area contributed by atoms with Gasteiger partial charge in [-0.3, -0.25) is 9.48 Å². The highest BCUT2D eigenvalue weighted by Gasteiger charge is 2.28. The molecule has 1 aliphatic heterocycles. The minimum absolute atomic E-state index is 0.0968. The molecule has 1 aromatic carbocycles. The minimum atomic E-state index is -4.36. The number of nitrogens with zero attached hydrogens (tertiary/aromatic N) is 2. The van der Waals surface area contributed by atoms with Crippen LogP contribution in [0.15, 0.2) is 42.2 Å². The van der Waals surface area contributed by atoms with Gasteiger partial charge in [-0.2, -0.15) is 18.3 Å². The predicted octanol–water partition coefficient (Wildman–Crippen LogP) is 2.86. The lowest BCUT2D eigenvalue weighted by atomic mass is 10.1. The average molecular weight is 323 g/mol. The summed E-state index contributed by atoms with van der Waals surface area (Å²) in [5, 5.41) is 6.08. The number of alkyl halides is 3. The number of fused-ring (bicyclic) bond motifs is 1. The Morgan fingerprint density at radius 3 is 2.91 bits per heavy atom. The smallest absolute Gasteiger partial charge is 0.408 e. The summed E-state index contributed by atoms with van der Waals surface area (Å²) >= 11 is 0. The van der Waals surface area contributed by atoms with Gasteiger partial charge >= 0.3 is 6.18 Å². The molecule has 0 radical (unpaired) electrons. The molecule has 0 spiro atoms. The zero-order chi connectivity index (χ0) is 16.4. The van der Waals surface area contributed by atoms with Gasteiger partial charge in [-0.1, -0.05) is 18.2 Å². The summed E-state index contributed by atoms with van der Waals surface area (Å²) in [5.41, 5.74) is 1.35. The van der Waals surface area contributed by atoms with Gasteiger partial charge in [-0.25, -0.2) is 0 Å². The van der Waals surface area contributed by atoms with Crippen molar-refractivity contribution >= 4 is 17.7 Å². The summed E-state index contributed by atoms with van der Waals surface area (Å²) in [6, 6.07) is 7.25.